The predicted molar refractivity (Wildman–Crippen MR) is 133 cm³/mol. The van der Waals surface area contributed by atoms with Gasteiger partial charge in [-0.2, -0.15) is 0 Å². The number of rotatable bonds is 4. The van der Waals surface area contributed by atoms with Crippen LogP contribution in [0.4, 0.5) is 5.69 Å². The van der Waals surface area contributed by atoms with Crippen molar-refractivity contribution in [3.63, 3.8) is 0 Å². The van der Waals surface area contributed by atoms with E-state index in [1.54, 1.807) is 18.5 Å². The molecular weight excluding hydrogens is 424 g/mol. The fourth-order valence-electron chi connectivity index (χ4n) is 5.36. The summed E-state index contributed by atoms with van der Waals surface area (Å²) in [7, 11) is 0. The van der Waals surface area contributed by atoms with Gasteiger partial charge in [0.25, 0.3) is 11.8 Å². The molecule has 0 radical (unpaired) electrons. The van der Waals surface area contributed by atoms with E-state index in [2.05, 4.69) is 27.3 Å². The molecule has 6 heteroatoms. The smallest absolute Gasteiger partial charge is 0.259 e. The summed E-state index contributed by atoms with van der Waals surface area (Å²) in [5.74, 6) is -0.0483. The first-order valence-electron chi connectivity index (χ1n) is 11.9. The van der Waals surface area contributed by atoms with Crippen LogP contribution in [0.2, 0.25) is 0 Å². The SMILES string of the molecule is Cc1cc(C)cc(C(=O)NC[C@@H]2CC[C@@H]3CN(C(=O)c4cccnc4)c4ccccc4CN32)c1. The molecule has 2 aromatic carbocycles. The maximum atomic E-state index is 13.4. The molecule has 2 aliphatic heterocycles. The zero-order valence-electron chi connectivity index (χ0n) is 19.7. The van der Waals surface area contributed by atoms with E-state index >= 15 is 0 Å². The summed E-state index contributed by atoms with van der Waals surface area (Å²) in [6, 6.07) is 18.2. The largest absolute Gasteiger partial charge is 0.350 e. The lowest BCUT2D eigenvalue weighted by atomic mass is 10.1. The van der Waals surface area contributed by atoms with E-state index in [1.165, 1.54) is 0 Å². The Hall–Kier alpha value is -3.51. The summed E-state index contributed by atoms with van der Waals surface area (Å²) in [6.07, 6.45) is 5.31. The topological polar surface area (TPSA) is 65.5 Å². The molecule has 0 unspecified atom stereocenters. The van der Waals surface area contributed by atoms with Gasteiger partial charge in [-0.3, -0.25) is 19.5 Å². The molecule has 1 aromatic heterocycles. The Kier molecular flexibility index (Phi) is 6.16. The molecule has 1 saturated heterocycles. The monoisotopic (exact) mass is 454 g/mol. The number of fused-ring (bicyclic) bond motifs is 2. The number of aromatic nitrogens is 1. The first-order valence-corrected chi connectivity index (χ1v) is 11.9. The highest BCUT2D eigenvalue weighted by Gasteiger charge is 2.39. The standard InChI is InChI=1S/C28H30N4O2/c1-19-12-20(2)14-23(13-19)27(33)30-16-24-9-10-25-18-32(28(34)21-7-5-11-29-15-21)26-8-4-3-6-22(26)17-31(24)25/h3-8,11-15,24-25H,9-10,16-18H2,1-2H3,(H,30,33)/t24-,25+/m0/s1. The number of carbonyl (C=O) groups excluding carboxylic acids is 2. The van der Waals surface area contributed by atoms with Gasteiger partial charge in [0.2, 0.25) is 0 Å². The number of anilines is 1. The zero-order chi connectivity index (χ0) is 23.7. The van der Waals surface area contributed by atoms with Crippen LogP contribution >= 0.6 is 0 Å². The highest BCUT2D eigenvalue weighted by Crippen LogP contribution is 2.35. The molecule has 174 valence electrons. The van der Waals surface area contributed by atoms with Gasteiger partial charge in [-0.15, -0.1) is 0 Å². The second kappa shape index (κ2) is 9.39. The molecule has 0 spiro atoms. The van der Waals surface area contributed by atoms with Crippen LogP contribution in [0.25, 0.3) is 0 Å². The molecule has 0 bridgehead atoms. The molecule has 0 saturated carbocycles. The molecule has 2 atom stereocenters. The van der Waals surface area contributed by atoms with E-state index in [0.717, 1.165) is 41.8 Å². The quantitative estimate of drug-likeness (QED) is 0.644. The number of aryl methyl sites for hydroxylation is 2. The van der Waals surface area contributed by atoms with Crippen molar-refractivity contribution in [3.8, 4) is 0 Å². The Morgan fingerprint density at radius 3 is 2.56 bits per heavy atom. The molecule has 1 N–H and O–H groups in total. The van der Waals surface area contributed by atoms with Gasteiger partial charge in [-0.1, -0.05) is 35.4 Å². The summed E-state index contributed by atoms with van der Waals surface area (Å²) in [4.78, 5) is 34.8. The van der Waals surface area contributed by atoms with Crippen molar-refractivity contribution < 1.29 is 9.59 Å². The minimum absolute atomic E-state index is 0.0195. The molecule has 6 nitrogen and oxygen atoms in total. The van der Waals surface area contributed by atoms with Gasteiger partial charge in [0.1, 0.15) is 0 Å². The summed E-state index contributed by atoms with van der Waals surface area (Å²) >= 11 is 0. The van der Waals surface area contributed by atoms with Crippen molar-refractivity contribution in [2.24, 2.45) is 0 Å². The number of pyridine rings is 1. The Balaban J connectivity index is 1.34. The van der Waals surface area contributed by atoms with E-state index < -0.39 is 0 Å². The van der Waals surface area contributed by atoms with Crippen LogP contribution in [0.1, 0.15) is 50.2 Å². The Labute approximate surface area is 200 Å². The molecular formula is C28H30N4O2. The number of para-hydroxylation sites is 1. The van der Waals surface area contributed by atoms with Crippen LogP contribution < -0.4 is 10.2 Å². The molecule has 5 rings (SSSR count). The molecule has 3 heterocycles. The minimum atomic E-state index is -0.0288. The van der Waals surface area contributed by atoms with Gasteiger partial charge in [-0.25, -0.2) is 0 Å². The number of nitrogens with zero attached hydrogens (tertiary/aromatic N) is 3. The van der Waals surface area contributed by atoms with Crippen molar-refractivity contribution >= 4 is 17.5 Å². The second-order valence-electron chi connectivity index (χ2n) is 9.43. The van der Waals surface area contributed by atoms with Crippen molar-refractivity contribution in [1.29, 1.82) is 0 Å². The van der Waals surface area contributed by atoms with Gasteiger partial charge >= 0.3 is 0 Å². The van der Waals surface area contributed by atoms with E-state index in [0.29, 0.717) is 24.2 Å². The summed E-state index contributed by atoms with van der Waals surface area (Å²) in [5, 5.41) is 3.16. The van der Waals surface area contributed by atoms with Crippen LogP contribution in [0.5, 0.6) is 0 Å². The fourth-order valence-corrected chi connectivity index (χ4v) is 5.36. The maximum Gasteiger partial charge on any atom is 0.259 e. The average Bonchev–Trinajstić information content (AvgIpc) is 3.13. The molecule has 1 fully saturated rings. The molecule has 2 amide bonds. The Bertz CT molecular complexity index is 1190. The maximum absolute atomic E-state index is 13.4. The first-order chi connectivity index (χ1) is 16.5. The number of hydrogen-bond donors (Lipinski definition) is 1. The first kappa shape index (κ1) is 22.3. The molecule has 34 heavy (non-hydrogen) atoms. The van der Waals surface area contributed by atoms with Crippen LogP contribution in [0, 0.1) is 13.8 Å². The number of carbonyl (C=O) groups is 2. The van der Waals surface area contributed by atoms with E-state index in [9.17, 15) is 9.59 Å². The molecule has 2 aliphatic rings. The van der Waals surface area contributed by atoms with Crippen LogP contribution in [-0.4, -0.2) is 46.9 Å². The third-order valence-electron chi connectivity index (χ3n) is 6.94. The van der Waals surface area contributed by atoms with Crippen molar-refractivity contribution in [3.05, 3.63) is 94.8 Å². The van der Waals surface area contributed by atoms with E-state index in [4.69, 9.17) is 0 Å². The second-order valence-corrected chi connectivity index (χ2v) is 9.43. The van der Waals surface area contributed by atoms with Gasteiger partial charge < -0.3 is 10.2 Å². The predicted octanol–water partition coefficient (Wildman–Crippen LogP) is 4.12. The van der Waals surface area contributed by atoms with Crippen LogP contribution in [-0.2, 0) is 6.54 Å². The van der Waals surface area contributed by atoms with E-state index in [1.807, 2.05) is 55.1 Å². The molecule has 3 aromatic rings. The third-order valence-corrected chi connectivity index (χ3v) is 6.94. The van der Waals surface area contributed by atoms with Gasteiger partial charge in [0.05, 0.1) is 5.56 Å². The number of hydrogen-bond acceptors (Lipinski definition) is 4. The molecule has 0 aliphatic carbocycles. The fraction of sp³-hybridized carbons (Fsp3) is 0.321. The van der Waals surface area contributed by atoms with Gasteiger partial charge in [0.15, 0.2) is 0 Å². The van der Waals surface area contributed by atoms with Gasteiger partial charge in [-0.05, 0) is 62.6 Å². The Morgan fingerprint density at radius 1 is 1.00 bits per heavy atom. The summed E-state index contributed by atoms with van der Waals surface area (Å²) < 4.78 is 0. The summed E-state index contributed by atoms with van der Waals surface area (Å²) in [6.45, 7) is 6.02. The van der Waals surface area contributed by atoms with Crippen molar-refractivity contribution in [2.75, 3.05) is 18.0 Å². The van der Waals surface area contributed by atoms with Gasteiger partial charge in [0, 0.05) is 55.4 Å². The lowest BCUT2D eigenvalue weighted by Gasteiger charge is -2.29. The number of amides is 2. The zero-order valence-corrected chi connectivity index (χ0v) is 19.7. The number of nitrogens with one attached hydrogen (secondary N) is 1. The van der Waals surface area contributed by atoms with Crippen molar-refractivity contribution in [1.82, 2.24) is 15.2 Å². The van der Waals surface area contributed by atoms with Crippen LogP contribution in [0.15, 0.2) is 67.0 Å². The third kappa shape index (κ3) is 4.46. The summed E-state index contributed by atoms with van der Waals surface area (Å²) in [5.41, 5.74) is 5.59. The highest BCUT2D eigenvalue weighted by molar-refractivity contribution is 6.06. The van der Waals surface area contributed by atoms with Crippen molar-refractivity contribution in [2.45, 2.75) is 45.3 Å². The minimum Gasteiger partial charge on any atom is -0.350 e. The van der Waals surface area contributed by atoms with E-state index in [-0.39, 0.29) is 23.9 Å². The van der Waals surface area contributed by atoms with Crippen LogP contribution in [0.3, 0.4) is 0 Å². The normalized spacial score (nSPS) is 19.8. The Morgan fingerprint density at radius 2 is 1.79 bits per heavy atom. The lowest BCUT2D eigenvalue weighted by molar-refractivity contribution is 0.0933. The average molecular weight is 455 g/mol. The highest BCUT2D eigenvalue weighted by atomic mass is 16.2. The number of benzene rings is 2. The lowest BCUT2D eigenvalue weighted by Crippen LogP contribution is -2.45.